The monoisotopic (exact) mass is 448 g/mol. The van der Waals surface area contributed by atoms with Gasteiger partial charge in [0.25, 0.3) is 5.91 Å². The zero-order valence-corrected chi connectivity index (χ0v) is 19.3. The van der Waals surface area contributed by atoms with Crippen LogP contribution in [0.15, 0.2) is 64.3 Å². The molecule has 7 heteroatoms. The van der Waals surface area contributed by atoms with Crippen molar-refractivity contribution in [1.82, 2.24) is 9.80 Å². The highest BCUT2D eigenvalue weighted by Crippen LogP contribution is 2.40. The lowest BCUT2D eigenvalue weighted by Crippen LogP contribution is -2.33. The smallest absolute Gasteiger partial charge is 0.290 e. The molecule has 172 valence electrons. The summed E-state index contributed by atoms with van der Waals surface area (Å²) in [6.45, 7) is 3.13. The Morgan fingerprint density at radius 3 is 2.55 bits per heavy atom. The van der Waals surface area contributed by atoms with Gasteiger partial charge >= 0.3 is 0 Å². The molecule has 0 saturated carbocycles. The van der Waals surface area contributed by atoms with Crippen LogP contribution in [0.1, 0.15) is 34.1 Å². The predicted octanol–water partition coefficient (Wildman–Crippen LogP) is 4.28. The highest BCUT2D eigenvalue weighted by atomic mass is 16.5. The number of rotatable bonds is 8. The van der Waals surface area contributed by atoms with Crippen LogP contribution in [0.2, 0.25) is 0 Å². The van der Waals surface area contributed by atoms with E-state index in [1.54, 1.807) is 30.2 Å². The molecule has 1 aromatic heterocycles. The Kier molecular flexibility index (Phi) is 6.24. The summed E-state index contributed by atoms with van der Waals surface area (Å²) in [6, 6.07) is 13.8. The van der Waals surface area contributed by atoms with E-state index in [2.05, 4.69) is 0 Å². The number of Topliss-reactive ketones (excluding diaryl/α,β-unsaturated/α-hetero) is 1. The number of aryl methyl sites for hydroxylation is 1. The standard InChI is InChI=1S/C26H28N2O5/c1-16-6-11-20-18(14-16)15-21(33-20)24(29)22-23(17-7-9-19(32-4)10-8-17)28(26(31)25(22)30)13-5-12-27(2)3/h6-11,14-15,23,30H,5,12-13H2,1-4H3. The summed E-state index contributed by atoms with van der Waals surface area (Å²) >= 11 is 0. The van der Waals surface area contributed by atoms with Gasteiger partial charge in [-0.3, -0.25) is 9.59 Å². The zero-order chi connectivity index (χ0) is 23.7. The lowest BCUT2D eigenvalue weighted by molar-refractivity contribution is -0.129. The molecule has 1 amide bonds. The molecule has 1 atom stereocenters. The van der Waals surface area contributed by atoms with Gasteiger partial charge in [0.05, 0.1) is 18.7 Å². The Labute approximate surface area is 192 Å². The summed E-state index contributed by atoms with van der Waals surface area (Å²) in [5, 5.41) is 11.6. The van der Waals surface area contributed by atoms with Crippen molar-refractivity contribution in [2.45, 2.75) is 19.4 Å². The number of carbonyl (C=O) groups is 2. The third-order valence-corrected chi connectivity index (χ3v) is 5.88. The van der Waals surface area contributed by atoms with Gasteiger partial charge in [-0.2, -0.15) is 0 Å². The number of ketones is 1. The van der Waals surface area contributed by atoms with Crippen LogP contribution in [-0.4, -0.2) is 60.9 Å². The molecular formula is C26H28N2O5. The summed E-state index contributed by atoms with van der Waals surface area (Å²) < 4.78 is 11.0. The fourth-order valence-corrected chi connectivity index (χ4v) is 4.21. The van der Waals surface area contributed by atoms with Gasteiger partial charge in [0.15, 0.2) is 11.5 Å². The van der Waals surface area contributed by atoms with Crippen LogP contribution in [0.3, 0.4) is 0 Å². The number of fused-ring (bicyclic) bond motifs is 1. The van der Waals surface area contributed by atoms with Gasteiger partial charge in [-0.05, 0) is 69.9 Å². The molecule has 1 aliphatic rings. The molecule has 2 heterocycles. The van der Waals surface area contributed by atoms with Gasteiger partial charge < -0.3 is 24.1 Å². The van der Waals surface area contributed by atoms with Crippen molar-refractivity contribution in [3.05, 3.63) is 76.8 Å². The van der Waals surface area contributed by atoms with Crippen LogP contribution in [0.25, 0.3) is 11.0 Å². The van der Waals surface area contributed by atoms with E-state index in [0.717, 1.165) is 17.5 Å². The molecule has 0 saturated heterocycles. The molecule has 0 aliphatic carbocycles. The van der Waals surface area contributed by atoms with Gasteiger partial charge in [-0.15, -0.1) is 0 Å². The molecule has 33 heavy (non-hydrogen) atoms. The van der Waals surface area contributed by atoms with E-state index in [-0.39, 0.29) is 11.3 Å². The van der Waals surface area contributed by atoms with Crippen LogP contribution in [0, 0.1) is 6.92 Å². The molecule has 2 aromatic carbocycles. The summed E-state index contributed by atoms with van der Waals surface area (Å²) in [4.78, 5) is 30.2. The predicted molar refractivity (Wildman–Crippen MR) is 126 cm³/mol. The van der Waals surface area contributed by atoms with E-state index < -0.39 is 23.5 Å². The number of nitrogens with zero attached hydrogens (tertiary/aromatic N) is 2. The summed E-state index contributed by atoms with van der Waals surface area (Å²) in [7, 11) is 5.49. The summed E-state index contributed by atoms with van der Waals surface area (Å²) in [5.74, 6) is -0.813. The zero-order valence-electron chi connectivity index (χ0n) is 19.3. The fraction of sp³-hybridized carbons (Fsp3) is 0.308. The number of methoxy groups -OCH3 is 1. The van der Waals surface area contributed by atoms with Gasteiger partial charge in [-0.1, -0.05) is 23.8 Å². The number of hydrogen-bond donors (Lipinski definition) is 1. The van der Waals surface area contributed by atoms with Crippen LogP contribution in [0.4, 0.5) is 0 Å². The van der Waals surface area contributed by atoms with E-state index in [1.165, 1.54) is 0 Å². The largest absolute Gasteiger partial charge is 0.503 e. The van der Waals surface area contributed by atoms with Crippen LogP contribution in [-0.2, 0) is 4.79 Å². The van der Waals surface area contributed by atoms with E-state index in [9.17, 15) is 14.7 Å². The molecule has 7 nitrogen and oxygen atoms in total. The second-order valence-corrected chi connectivity index (χ2v) is 8.57. The summed E-state index contributed by atoms with van der Waals surface area (Å²) in [6.07, 6.45) is 0.698. The van der Waals surface area contributed by atoms with E-state index in [0.29, 0.717) is 29.9 Å². The molecule has 4 rings (SSSR count). The maximum Gasteiger partial charge on any atom is 0.290 e. The Balaban J connectivity index is 1.74. The van der Waals surface area contributed by atoms with Crippen molar-refractivity contribution < 1.29 is 23.8 Å². The average Bonchev–Trinajstić information content (AvgIpc) is 3.32. The Bertz CT molecular complexity index is 1220. The number of furan rings is 1. The molecule has 0 bridgehead atoms. The first-order valence-electron chi connectivity index (χ1n) is 10.9. The molecule has 0 spiro atoms. The number of aliphatic hydroxyl groups is 1. The lowest BCUT2D eigenvalue weighted by atomic mass is 9.95. The molecule has 0 radical (unpaired) electrons. The quantitative estimate of drug-likeness (QED) is 0.518. The number of amides is 1. The third-order valence-electron chi connectivity index (χ3n) is 5.88. The Morgan fingerprint density at radius 1 is 1.15 bits per heavy atom. The first kappa shape index (κ1) is 22.6. The number of ether oxygens (including phenoxy) is 1. The maximum atomic E-state index is 13.6. The Hall–Kier alpha value is -3.58. The average molecular weight is 449 g/mol. The second kappa shape index (κ2) is 9.11. The van der Waals surface area contributed by atoms with Crippen molar-refractivity contribution >= 4 is 22.7 Å². The molecule has 3 aromatic rings. The normalized spacial score (nSPS) is 16.3. The molecule has 1 N–H and O–H groups in total. The second-order valence-electron chi connectivity index (χ2n) is 8.57. The van der Waals surface area contributed by atoms with Gasteiger partial charge in [-0.25, -0.2) is 0 Å². The first-order chi connectivity index (χ1) is 15.8. The molecule has 0 fully saturated rings. The van der Waals surface area contributed by atoms with Crippen molar-refractivity contribution in [3.63, 3.8) is 0 Å². The van der Waals surface area contributed by atoms with Crippen molar-refractivity contribution in [2.75, 3.05) is 34.3 Å². The highest BCUT2D eigenvalue weighted by Gasteiger charge is 2.44. The van der Waals surface area contributed by atoms with E-state index in [1.807, 2.05) is 56.3 Å². The third kappa shape index (κ3) is 4.36. The van der Waals surface area contributed by atoms with Gasteiger partial charge in [0.1, 0.15) is 11.3 Å². The van der Waals surface area contributed by atoms with E-state index >= 15 is 0 Å². The number of hydrogen-bond acceptors (Lipinski definition) is 6. The molecular weight excluding hydrogens is 420 g/mol. The minimum absolute atomic E-state index is 0.0331. The minimum atomic E-state index is -0.715. The van der Waals surface area contributed by atoms with Crippen molar-refractivity contribution in [3.8, 4) is 5.75 Å². The van der Waals surface area contributed by atoms with E-state index in [4.69, 9.17) is 9.15 Å². The van der Waals surface area contributed by atoms with Gasteiger partial charge in [0, 0.05) is 11.9 Å². The van der Waals surface area contributed by atoms with Crippen LogP contribution >= 0.6 is 0 Å². The SMILES string of the molecule is COc1ccc(C2C(C(=O)c3cc4cc(C)ccc4o3)=C(O)C(=O)N2CCCN(C)C)cc1. The fourth-order valence-electron chi connectivity index (χ4n) is 4.21. The van der Waals surface area contributed by atoms with Crippen molar-refractivity contribution in [2.24, 2.45) is 0 Å². The van der Waals surface area contributed by atoms with Crippen molar-refractivity contribution in [1.29, 1.82) is 0 Å². The first-order valence-corrected chi connectivity index (χ1v) is 10.9. The number of aliphatic hydroxyl groups excluding tert-OH is 1. The maximum absolute atomic E-state index is 13.6. The molecule has 1 aliphatic heterocycles. The molecule has 1 unspecified atom stereocenters. The minimum Gasteiger partial charge on any atom is -0.503 e. The highest BCUT2D eigenvalue weighted by molar-refractivity contribution is 6.16. The Morgan fingerprint density at radius 2 is 1.88 bits per heavy atom. The van der Waals surface area contributed by atoms with Crippen LogP contribution < -0.4 is 4.74 Å². The number of carbonyl (C=O) groups excluding carboxylic acids is 2. The van der Waals surface area contributed by atoms with Gasteiger partial charge in [0.2, 0.25) is 5.78 Å². The van der Waals surface area contributed by atoms with Crippen LogP contribution in [0.5, 0.6) is 5.75 Å². The lowest BCUT2D eigenvalue weighted by Gasteiger charge is -2.27. The number of benzene rings is 2. The topological polar surface area (TPSA) is 83.2 Å². The summed E-state index contributed by atoms with van der Waals surface area (Å²) in [5.41, 5.74) is 2.37.